The molecule has 4 heteroatoms. The van der Waals surface area contributed by atoms with E-state index < -0.39 is 0 Å². The Labute approximate surface area is 114 Å². The summed E-state index contributed by atoms with van der Waals surface area (Å²) in [5.41, 5.74) is 6.71. The molecular formula is C15H23N3O. The number of pyridine rings is 1. The van der Waals surface area contributed by atoms with Crippen molar-refractivity contribution in [1.82, 2.24) is 10.3 Å². The van der Waals surface area contributed by atoms with Gasteiger partial charge in [-0.05, 0) is 24.3 Å². The number of anilines is 1. The zero-order chi connectivity index (χ0) is 13.7. The van der Waals surface area contributed by atoms with E-state index in [9.17, 15) is 4.79 Å². The molecular weight excluding hydrogens is 238 g/mol. The number of nitrogens with zero attached hydrogens (tertiary/aromatic N) is 1. The van der Waals surface area contributed by atoms with Gasteiger partial charge in [0.15, 0.2) is 0 Å². The van der Waals surface area contributed by atoms with Gasteiger partial charge in [-0.2, -0.15) is 0 Å². The second kappa shape index (κ2) is 6.55. The first kappa shape index (κ1) is 13.8. The Morgan fingerprint density at radius 2 is 2.16 bits per heavy atom. The molecule has 1 fully saturated rings. The lowest BCUT2D eigenvalue weighted by Crippen LogP contribution is -2.27. The molecule has 0 bridgehead atoms. The maximum Gasteiger partial charge on any atom is 0.254 e. The van der Waals surface area contributed by atoms with Crippen LogP contribution in [-0.2, 0) is 0 Å². The highest BCUT2D eigenvalue weighted by Crippen LogP contribution is 2.29. The van der Waals surface area contributed by atoms with Gasteiger partial charge in [0.2, 0.25) is 0 Å². The predicted molar refractivity (Wildman–Crippen MR) is 76.7 cm³/mol. The van der Waals surface area contributed by atoms with Gasteiger partial charge in [-0.15, -0.1) is 0 Å². The van der Waals surface area contributed by atoms with Crippen LogP contribution in [0, 0.1) is 11.8 Å². The van der Waals surface area contributed by atoms with Crippen molar-refractivity contribution in [2.45, 2.75) is 39.0 Å². The highest BCUT2D eigenvalue weighted by atomic mass is 16.1. The SMILES string of the molecule is CC1CCC(CCNC(=O)c2cnccc2N)CC1. The van der Waals surface area contributed by atoms with Crippen LogP contribution in [0.3, 0.4) is 0 Å². The van der Waals surface area contributed by atoms with Gasteiger partial charge in [-0.25, -0.2) is 0 Å². The van der Waals surface area contributed by atoms with Crippen molar-refractivity contribution in [3.63, 3.8) is 0 Å². The first-order valence-corrected chi connectivity index (χ1v) is 7.14. The summed E-state index contributed by atoms with van der Waals surface area (Å²) in [5, 5.41) is 2.94. The van der Waals surface area contributed by atoms with Crippen LogP contribution in [0.1, 0.15) is 49.4 Å². The lowest BCUT2D eigenvalue weighted by Gasteiger charge is -2.26. The van der Waals surface area contributed by atoms with Crippen LogP contribution in [-0.4, -0.2) is 17.4 Å². The van der Waals surface area contributed by atoms with Crippen molar-refractivity contribution < 1.29 is 4.79 Å². The number of carbonyl (C=O) groups excluding carboxylic acids is 1. The summed E-state index contributed by atoms with van der Waals surface area (Å²) in [5.74, 6) is 1.53. The largest absolute Gasteiger partial charge is 0.398 e. The van der Waals surface area contributed by atoms with Crippen LogP contribution in [0.25, 0.3) is 0 Å². The molecule has 1 saturated carbocycles. The maximum atomic E-state index is 11.9. The van der Waals surface area contributed by atoms with Gasteiger partial charge in [-0.1, -0.05) is 32.6 Å². The molecule has 1 aliphatic carbocycles. The molecule has 1 heterocycles. The van der Waals surface area contributed by atoms with Crippen molar-refractivity contribution >= 4 is 11.6 Å². The van der Waals surface area contributed by atoms with Crippen molar-refractivity contribution in [3.05, 3.63) is 24.0 Å². The number of hydrogen-bond donors (Lipinski definition) is 2. The highest BCUT2D eigenvalue weighted by molar-refractivity contribution is 5.98. The van der Waals surface area contributed by atoms with Gasteiger partial charge in [0.05, 0.1) is 5.56 Å². The monoisotopic (exact) mass is 261 g/mol. The highest BCUT2D eigenvalue weighted by Gasteiger charge is 2.18. The zero-order valence-corrected chi connectivity index (χ0v) is 11.6. The van der Waals surface area contributed by atoms with Gasteiger partial charge in [0.1, 0.15) is 0 Å². The van der Waals surface area contributed by atoms with E-state index in [1.54, 1.807) is 12.3 Å². The molecule has 0 spiro atoms. The minimum atomic E-state index is -0.116. The average Bonchev–Trinajstić information content (AvgIpc) is 2.41. The molecule has 104 valence electrons. The second-order valence-electron chi connectivity index (χ2n) is 5.63. The first-order chi connectivity index (χ1) is 9.16. The topological polar surface area (TPSA) is 68.0 Å². The predicted octanol–water partition coefficient (Wildman–Crippen LogP) is 2.61. The van der Waals surface area contributed by atoms with Gasteiger partial charge in [-0.3, -0.25) is 9.78 Å². The van der Waals surface area contributed by atoms with Crippen LogP contribution in [0.2, 0.25) is 0 Å². The number of nitrogens with one attached hydrogen (secondary N) is 1. The van der Waals surface area contributed by atoms with Gasteiger partial charge < -0.3 is 11.1 Å². The molecule has 0 aromatic carbocycles. The van der Waals surface area contributed by atoms with E-state index >= 15 is 0 Å². The van der Waals surface area contributed by atoms with Crippen molar-refractivity contribution in [2.75, 3.05) is 12.3 Å². The minimum absolute atomic E-state index is 0.116. The number of aromatic nitrogens is 1. The fraction of sp³-hybridized carbons (Fsp3) is 0.600. The number of nitrogen functional groups attached to an aromatic ring is 1. The Kier molecular flexibility index (Phi) is 4.77. The Balaban J connectivity index is 1.74. The average molecular weight is 261 g/mol. The lowest BCUT2D eigenvalue weighted by molar-refractivity contribution is 0.0950. The van der Waals surface area contributed by atoms with Gasteiger partial charge in [0.25, 0.3) is 5.91 Å². The molecule has 1 aliphatic rings. The lowest BCUT2D eigenvalue weighted by atomic mass is 9.81. The van der Waals surface area contributed by atoms with Gasteiger partial charge >= 0.3 is 0 Å². The summed E-state index contributed by atoms with van der Waals surface area (Å²) in [6.45, 7) is 3.05. The minimum Gasteiger partial charge on any atom is -0.398 e. The first-order valence-electron chi connectivity index (χ1n) is 7.14. The summed E-state index contributed by atoms with van der Waals surface area (Å²) in [4.78, 5) is 15.9. The standard InChI is InChI=1S/C15H23N3O/c1-11-2-4-12(5-3-11)6-9-18-15(19)13-10-17-8-7-14(13)16/h7-8,10-12H,2-6,9H2,1H3,(H2,16,17)(H,18,19). The molecule has 4 nitrogen and oxygen atoms in total. The second-order valence-corrected chi connectivity index (χ2v) is 5.63. The van der Waals surface area contributed by atoms with Crippen LogP contribution >= 0.6 is 0 Å². The molecule has 1 amide bonds. The molecule has 0 atom stereocenters. The summed E-state index contributed by atoms with van der Waals surface area (Å²) in [6.07, 6.45) is 9.43. The molecule has 1 aromatic heterocycles. The van der Waals surface area contributed by atoms with Crippen LogP contribution in [0.15, 0.2) is 18.5 Å². The van der Waals surface area contributed by atoms with Crippen molar-refractivity contribution in [3.8, 4) is 0 Å². The molecule has 0 unspecified atom stereocenters. The van der Waals surface area contributed by atoms with E-state index in [0.29, 0.717) is 11.3 Å². The smallest absolute Gasteiger partial charge is 0.254 e. The fourth-order valence-electron chi connectivity index (χ4n) is 2.70. The molecule has 3 N–H and O–H groups in total. The number of hydrogen-bond acceptors (Lipinski definition) is 3. The summed E-state index contributed by atoms with van der Waals surface area (Å²) >= 11 is 0. The van der Waals surface area contributed by atoms with E-state index in [-0.39, 0.29) is 5.91 Å². The Morgan fingerprint density at radius 3 is 2.84 bits per heavy atom. The third-order valence-corrected chi connectivity index (χ3v) is 4.07. The number of rotatable bonds is 4. The molecule has 2 rings (SSSR count). The molecule has 19 heavy (non-hydrogen) atoms. The van der Waals surface area contributed by atoms with Crippen LogP contribution < -0.4 is 11.1 Å². The van der Waals surface area contributed by atoms with E-state index in [0.717, 1.165) is 24.8 Å². The quantitative estimate of drug-likeness (QED) is 0.875. The molecule has 0 saturated heterocycles. The summed E-state index contributed by atoms with van der Waals surface area (Å²) in [7, 11) is 0. The summed E-state index contributed by atoms with van der Waals surface area (Å²) < 4.78 is 0. The number of amides is 1. The van der Waals surface area contributed by atoms with E-state index in [2.05, 4.69) is 17.2 Å². The van der Waals surface area contributed by atoms with Crippen molar-refractivity contribution in [1.29, 1.82) is 0 Å². The number of nitrogens with two attached hydrogens (primary N) is 1. The maximum absolute atomic E-state index is 11.9. The Morgan fingerprint density at radius 1 is 1.42 bits per heavy atom. The number of carbonyl (C=O) groups is 1. The Hall–Kier alpha value is -1.58. The third kappa shape index (κ3) is 3.94. The third-order valence-electron chi connectivity index (χ3n) is 4.07. The molecule has 1 aromatic rings. The van der Waals surface area contributed by atoms with E-state index in [1.807, 2.05) is 0 Å². The summed E-state index contributed by atoms with van der Waals surface area (Å²) in [6, 6.07) is 1.65. The normalized spacial score (nSPS) is 23.0. The van der Waals surface area contributed by atoms with Crippen LogP contribution in [0.5, 0.6) is 0 Å². The van der Waals surface area contributed by atoms with Gasteiger partial charge in [0, 0.05) is 24.6 Å². The van der Waals surface area contributed by atoms with Crippen LogP contribution in [0.4, 0.5) is 5.69 Å². The Bertz CT molecular complexity index is 425. The van der Waals surface area contributed by atoms with E-state index in [1.165, 1.54) is 31.9 Å². The molecule has 0 aliphatic heterocycles. The molecule has 0 radical (unpaired) electrons. The van der Waals surface area contributed by atoms with E-state index in [4.69, 9.17) is 5.73 Å². The van der Waals surface area contributed by atoms with Crippen molar-refractivity contribution in [2.24, 2.45) is 11.8 Å². The zero-order valence-electron chi connectivity index (χ0n) is 11.6. The fourth-order valence-corrected chi connectivity index (χ4v) is 2.70.